The average molecular weight is 246 g/mol. The first-order valence-electron chi connectivity index (χ1n) is 6.16. The quantitative estimate of drug-likeness (QED) is 0.612. The van der Waals surface area contributed by atoms with Crippen LogP contribution in [0.3, 0.4) is 0 Å². The SMILES string of the molecule is CCSCCC(C)NC(=O)CCNC(C)C. The molecule has 1 unspecified atom stereocenters. The van der Waals surface area contributed by atoms with Gasteiger partial charge in [-0.2, -0.15) is 11.8 Å². The summed E-state index contributed by atoms with van der Waals surface area (Å²) in [7, 11) is 0. The van der Waals surface area contributed by atoms with Gasteiger partial charge in [0.15, 0.2) is 0 Å². The summed E-state index contributed by atoms with van der Waals surface area (Å²) < 4.78 is 0. The highest BCUT2D eigenvalue weighted by atomic mass is 32.2. The molecule has 1 atom stereocenters. The Morgan fingerprint density at radius 2 is 2.00 bits per heavy atom. The largest absolute Gasteiger partial charge is 0.354 e. The third kappa shape index (κ3) is 10.3. The maximum Gasteiger partial charge on any atom is 0.221 e. The highest BCUT2D eigenvalue weighted by Crippen LogP contribution is 2.03. The minimum atomic E-state index is 0.155. The third-order valence-corrected chi connectivity index (χ3v) is 3.14. The van der Waals surface area contributed by atoms with Crippen LogP contribution in [0, 0.1) is 0 Å². The van der Waals surface area contributed by atoms with Gasteiger partial charge >= 0.3 is 0 Å². The molecule has 0 bridgehead atoms. The van der Waals surface area contributed by atoms with Crippen molar-refractivity contribution in [3.05, 3.63) is 0 Å². The Balaban J connectivity index is 3.46. The van der Waals surface area contributed by atoms with Gasteiger partial charge in [0.25, 0.3) is 0 Å². The van der Waals surface area contributed by atoms with Gasteiger partial charge in [-0.05, 0) is 24.9 Å². The van der Waals surface area contributed by atoms with Crippen LogP contribution in [0.15, 0.2) is 0 Å². The molecule has 0 radical (unpaired) electrons. The number of hydrogen-bond donors (Lipinski definition) is 2. The number of carbonyl (C=O) groups is 1. The monoisotopic (exact) mass is 246 g/mol. The van der Waals surface area contributed by atoms with Crippen molar-refractivity contribution < 1.29 is 4.79 Å². The second kappa shape index (κ2) is 9.97. The number of hydrogen-bond acceptors (Lipinski definition) is 3. The first kappa shape index (κ1) is 15.8. The van der Waals surface area contributed by atoms with Gasteiger partial charge in [-0.15, -0.1) is 0 Å². The van der Waals surface area contributed by atoms with Crippen molar-refractivity contribution in [1.29, 1.82) is 0 Å². The molecule has 0 spiro atoms. The summed E-state index contributed by atoms with van der Waals surface area (Å²) in [4.78, 5) is 11.5. The summed E-state index contributed by atoms with van der Waals surface area (Å²) >= 11 is 1.92. The van der Waals surface area contributed by atoms with Crippen LogP contribution in [0.4, 0.5) is 0 Å². The van der Waals surface area contributed by atoms with E-state index in [1.54, 1.807) is 0 Å². The Hall–Kier alpha value is -0.220. The highest BCUT2D eigenvalue weighted by molar-refractivity contribution is 7.99. The molecule has 0 rings (SSSR count). The molecule has 0 aromatic carbocycles. The number of carbonyl (C=O) groups excluding carboxylic acids is 1. The molecule has 0 aliphatic rings. The number of thioether (sulfide) groups is 1. The van der Waals surface area contributed by atoms with Crippen molar-refractivity contribution in [2.45, 2.75) is 52.6 Å². The lowest BCUT2D eigenvalue weighted by Crippen LogP contribution is -2.35. The van der Waals surface area contributed by atoms with Crippen LogP contribution in [0.25, 0.3) is 0 Å². The zero-order chi connectivity index (χ0) is 12.4. The van der Waals surface area contributed by atoms with Crippen molar-refractivity contribution in [3.63, 3.8) is 0 Å². The van der Waals surface area contributed by atoms with E-state index in [1.165, 1.54) is 0 Å². The first-order chi connectivity index (χ1) is 7.56. The summed E-state index contributed by atoms with van der Waals surface area (Å²) in [5, 5.41) is 6.26. The van der Waals surface area contributed by atoms with Crippen LogP contribution in [-0.4, -0.2) is 36.0 Å². The molecule has 0 saturated carbocycles. The smallest absolute Gasteiger partial charge is 0.221 e. The summed E-state index contributed by atoms with van der Waals surface area (Å²) in [6, 6.07) is 0.747. The van der Waals surface area contributed by atoms with E-state index < -0.39 is 0 Å². The normalized spacial score (nSPS) is 12.8. The standard InChI is InChI=1S/C12H26N2OS/c1-5-16-9-7-11(4)14-12(15)6-8-13-10(2)3/h10-11,13H,5-9H2,1-4H3,(H,14,15). The number of nitrogens with one attached hydrogen (secondary N) is 2. The van der Waals surface area contributed by atoms with Crippen LogP contribution in [-0.2, 0) is 4.79 Å². The molecule has 3 nitrogen and oxygen atoms in total. The Kier molecular flexibility index (Phi) is 9.83. The molecule has 2 N–H and O–H groups in total. The topological polar surface area (TPSA) is 41.1 Å². The molecule has 16 heavy (non-hydrogen) atoms. The van der Waals surface area contributed by atoms with Crippen LogP contribution in [0.1, 0.15) is 40.5 Å². The summed E-state index contributed by atoms with van der Waals surface area (Å²) in [6.45, 7) is 9.17. The lowest BCUT2D eigenvalue weighted by atomic mass is 10.2. The van der Waals surface area contributed by atoms with Crippen molar-refractivity contribution in [1.82, 2.24) is 10.6 Å². The molecule has 0 saturated heterocycles. The molecule has 0 aromatic rings. The minimum absolute atomic E-state index is 0.155. The molecule has 96 valence electrons. The van der Waals surface area contributed by atoms with E-state index in [4.69, 9.17) is 0 Å². The first-order valence-corrected chi connectivity index (χ1v) is 7.32. The lowest BCUT2D eigenvalue weighted by Gasteiger charge is -2.14. The van der Waals surface area contributed by atoms with E-state index >= 15 is 0 Å². The van der Waals surface area contributed by atoms with E-state index in [1.807, 2.05) is 11.8 Å². The zero-order valence-corrected chi connectivity index (χ0v) is 11.8. The van der Waals surface area contributed by atoms with Gasteiger partial charge in [-0.25, -0.2) is 0 Å². The Morgan fingerprint density at radius 1 is 1.31 bits per heavy atom. The lowest BCUT2D eigenvalue weighted by molar-refractivity contribution is -0.121. The van der Waals surface area contributed by atoms with Gasteiger partial charge in [0.1, 0.15) is 0 Å². The summed E-state index contributed by atoms with van der Waals surface area (Å²) in [6.07, 6.45) is 1.63. The molecule has 0 aliphatic heterocycles. The van der Waals surface area contributed by atoms with Crippen molar-refractivity contribution in [3.8, 4) is 0 Å². The summed E-state index contributed by atoms with van der Waals surface area (Å²) in [5.74, 6) is 2.43. The van der Waals surface area contributed by atoms with Gasteiger partial charge in [0, 0.05) is 25.0 Å². The Labute approximate surface area is 104 Å². The van der Waals surface area contributed by atoms with Crippen molar-refractivity contribution >= 4 is 17.7 Å². The predicted molar refractivity (Wildman–Crippen MR) is 73.0 cm³/mol. The van der Waals surface area contributed by atoms with Crippen LogP contribution in [0.5, 0.6) is 0 Å². The predicted octanol–water partition coefficient (Wildman–Crippen LogP) is 2.02. The fourth-order valence-electron chi connectivity index (χ4n) is 1.30. The van der Waals surface area contributed by atoms with E-state index in [0.29, 0.717) is 18.5 Å². The summed E-state index contributed by atoms with van der Waals surface area (Å²) in [5.41, 5.74) is 0. The average Bonchev–Trinajstić information content (AvgIpc) is 2.17. The Bertz CT molecular complexity index is 186. The van der Waals surface area contributed by atoms with Gasteiger partial charge in [0.05, 0.1) is 0 Å². The molecule has 0 aromatic heterocycles. The van der Waals surface area contributed by atoms with E-state index in [0.717, 1.165) is 24.5 Å². The van der Waals surface area contributed by atoms with Gasteiger partial charge in [-0.3, -0.25) is 4.79 Å². The number of amides is 1. The second-order valence-corrected chi connectivity index (χ2v) is 5.71. The van der Waals surface area contributed by atoms with Crippen LogP contribution < -0.4 is 10.6 Å². The number of rotatable bonds is 9. The second-order valence-electron chi connectivity index (χ2n) is 4.31. The molecule has 0 fully saturated rings. The van der Waals surface area contributed by atoms with Gasteiger partial charge < -0.3 is 10.6 Å². The van der Waals surface area contributed by atoms with Crippen LogP contribution in [0.2, 0.25) is 0 Å². The third-order valence-electron chi connectivity index (χ3n) is 2.21. The fraction of sp³-hybridized carbons (Fsp3) is 0.917. The maximum atomic E-state index is 11.5. The van der Waals surface area contributed by atoms with Crippen molar-refractivity contribution in [2.24, 2.45) is 0 Å². The maximum absolute atomic E-state index is 11.5. The van der Waals surface area contributed by atoms with Crippen LogP contribution >= 0.6 is 11.8 Å². The van der Waals surface area contributed by atoms with Gasteiger partial charge in [0.2, 0.25) is 5.91 Å². The zero-order valence-electron chi connectivity index (χ0n) is 11.0. The molecule has 4 heteroatoms. The molecular formula is C12H26N2OS. The minimum Gasteiger partial charge on any atom is -0.354 e. The Morgan fingerprint density at radius 3 is 2.56 bits per heavy atom. The fourth-order valence-corrected chi connectivity index (χ4v) is 2.11. The molecule has 1 amide bonds. The van der Waals surface area contributed by atoms with E-state index in [2.05, 4.69) is 38.3 Å². The van der Waals surface area contributed by atoms with E-state index in [9.17, 15) is 4.79 Å². The molecule has 0 aliphatic carbocycles. The highest BCUT2D eigenvalue weighted by Gasteiger charge is 2.06. The van der Waals surface area contributed by atoms with Crippen molar-refractivity contribution in [2.75, 3.05) is 18.1 Å². The molecular weight excluding hydrogens is 220 g/mol. The van der Waals surface area contributed by atoms with E-state index in [-0.39, 0.29) is 5.91 Å². The molecule has 0 heterocycles. The van der Waals surface area contributed by atoms with Gasteiger partial charge in [-0.1, -0.05) is 20.8 Å².